The third-order valence-electron chi connectivity index (χ3n) is 3.44. The zero-order chi connectivity index (χ0) is 16.5. The van der Waals surface area contributed by atoms with Crippen molar-refractivity contribution in [3.63, 3.8) is 0 Å². The number of carbonyl (C=O) groups excluding carboxylic acids is 1. The Labute approximate surface area is 124 Å². The lowest BCUT2D eigenvalue weighted by molar-refractivity contribution is -0.204. The molecule has 0 saturated carbocycles. The Morgan fingerprint density at radius 2 is 1.91 bits per heavy atom. The van der Waals surface area contributed by atoms with Gasteiger partial charge in [0.25, 0.3) is 5.91 Å². The molecule has 0 aliphatic carbocycles. The normalized spacial score (nSPS) is 13.4. The van der Waals surface area contributed by atoms with E-state index in [2.05, 4.69) is 5.32 Å². The van der Waals surface area contributed by atoms with Crippen LogP contribution in [0.15, 0.2) is 22.6 Å². The topological polar surface area (TPSA) is 62.5 Å². The number of aryl methyl sites for hydroxylation is 2. The number of aliphatic hydroxyl groups excluding tert-OH is 1. The average Bonchev–Trinajstić information content (AvgIpc) is 2.80. The molecule has 1 atom stereocenters. The number of furan rings is 1. The van der Waals surface area contributed by atoms with Crippen molar-refractivity contribution in [2.75, 3.05) is 6.54 Å². The minimum atomic E-state index is -4.68. The molecule has 2 rings (SSSR count). The summed E-state index contributed by atoms with van der Waals surface area (Å²) in [5.41, 5.74) is 2.61. The van der Waals surface area contributed by atoms with Gasteiger partial charge in [-0.2, -0.15) is 13.2 Å². The van der Waals surface area contributed by atoms with Gasteiger partial charge in [-0.05, 0) is 49.6 Å². The van der Waals surface area contributed by atoms with Crippen LogP contribution in [0, 0.1) is 13.8 Å². The summed E-state index contributed by atoms with van der Waals surface area (Å²) in [5.74, 6) is -0.581. The Kier molecular flexibility index (Phi) is 4.46. The third kappa shape index (κ3) is 3.59. The van der Waals surface area contributed by atoms with Gasteiger partial charge in [-0.1, -0.05) is 0 Å². The first-order valence-electron chi connectivity index (χ1n) is 6.72. The van der Waals surface area contributed by atoms with Crippen LogP contribution in [0.25, 0.3) is 11.0 Å². The van der Waals surface area contributed by atoms with Gasteiger partial charge in [0, 0.05) is 11.9 Å². The Morgan fingerprint density at radius 1 is 1.27 bits per heavy atom. The lowest BCUT2D eigenvalue weighted by atomic mass is 10.1. The number of amides is 1. The predicted molar refractivity (Wildman–Crippen MR) is 74.7 cm³/mol. The zero-order valence-electron chi connectivity index (χ0n) is 12.1. The van der Waals surface area contributed by atoms with Gasteiger partial charge in [0.1, 0.15) is 5.58 Å². The van der Waals surface area contributed by atoms with E-state index in [1.165, 1.54) is 6.07 Å². The Bertz CT molecular complexity index is 652. The quantitative estimate of drug-likeness (QED) is 0.911. The second-order valence-electron chi connectivity index (χ2n) is 5.19. The van der Waals surface area contributed by atoms with Crippen LogP contribution in [0.2, 0.25) is 0 Å². The number of aliphatic hydroxyl groups is 1. The van der Waals surface area contributed by atoms with Crippen molar-refractivity contribution in [3.8, 4) is 0 Å². The highest BCUT2D eigenvalue weighted by atomic mass is 19.4. The SMILES string of the molecule is Cc1cc2cc(C(=O)NCCC(O)C(F)(F)F)oc2cc1C. The monoisotopic (exact) mass is 315 g/mol. The summed E-state index contributed by atoms with van der Waals surface area (Å²) in [5, 5.41) is 11.9. The number of rotatable bonds is 4. The van der Waals surface area contributed by atoms with Crippen molar-refractivity contribution in [3.05, 3.63) is 35.1 Å². The van der Waals surface area contributed by atoms with Crippen LogP contribution in [0.5, 0.6) is 0 Å². The van der Waals surface area contributed by atoms with Crippen molar-refractivity contribution in [1.29, 1.82) is 0 Å². The van der Waals surface area contributed by atoms with Crippen LogP contribution in [0.4, 0.5) is 13.2 Å². The van der Waals surface area contributed by atoms with E-state index in [0.717, 1.165) is 16.5 Å². The number of benzene rings is 1. The molecule has 1 unspecified atom stereocenters. The molecule has 0 radical (unpaired) electrons. The fraction of sp³-hybridized carbons (Fsp3) is 0.400. The highest BCUT2D eigenvalue weighted by molar-refractivity contribution is 5.96. The first-order valence-corrected chi connectivity index (χ1v) is 6.72. The number of nitrogens with one attached hydrogen (secondary N) is 1. The van der Waals surface area contributed by atoms with E-state index in [1.54, 1.807) is 6.07 Å². The molecular weight excluding hydrogens is 299 g/mol. The molecule has 0 fully saturated rings. The summed E-state index contributed by atoms with van der Waals surface area (Å²) < 4.78 is 41.8. The molecule has 1 heterocycles. The fourth-order valence-electron chi connectivity index (χ4n) is 1.99. The van der Waals surface area contributed by atoms with Crippen molar-refractivity contribution in [2.24, 2.45) is 0 Å². The zero-order valence-corrected chi connectivity index (χ0v) is 12.1. The molecule has 4 nitrogen and oxygen atoms in total. The Morgan fingerprint density at radius 3 is 2.55 bits per heavy atom. The largest absolute Gasteiger partial charge is 0.451 e. The van der Waals surface area contributed by atoms with Gasteiger partial charge in [-0.3, -0.25) is 4.79 Å². The second-order valence-corrected chi connectivity index (χ2v) is 5.19. The van der Waals surface area contributed by atoms with Gasteiger partial charge >= 0.3 is 6.18 Å². The molecule has 0 aliphatic rings. The van der Waals surface area contributed by atoms with Gasteiger partial charge in [-0.15, -0.1) is 0 Å². The number of carbonyl (C=O) groups is 1. The molecule has 0 spiro atoms. The van der Waals surface area contributed by atoms with E-state index >= 15 is 0 Å². The minimum Gasteiger partial charge on any atom is -0.451 e. The van der Waals surface area contributed by atoms with Crippen molar-refractivity contribution in [2.45, 2.75) is 32.5 Å². The average molecular weight is 315 g/mol. The lowest BCUT2D eigenvalue weighted by Crippen LogP contribution is -2.33. The molecule has 0 aliphatic heterocycles. The second kappa shape index (κ2) is 6.00. The molecule has 2 aromatic rings. The van der Waals surface area contributed by atoms with E-state index < -0.39 is 24.6 Å². The minimum absolute atomic E-state index is 0.0292. The maximum absolute atomic E-state index is 12.1. The van der Waals surface area contributed by atoms with Crippen LogP contribution in [0.3, 0.4) is 0 Å². The van der Waals surface area contributed by atoms with Crippen LogP contribution in [-0.4, -0.2) is 29.8 Å². The molecule has 120 valence electrons. The number of alkyl halides is 3. The molecule has 0 bridgehead atoms. The predicted octanol–water partition coefficient (Wildman–Crippen LogP) is 3.09. The number of hydrogen-bond donors (Lipinski definition) is 2. The first kappa shape index (κ1) is 16.4. The smallest absolute Gasteiger partial charge is 0.414 e. The summed E-state index contributed by atoms with van der Waals surface area (Å²) in [6.07, 6.45) is -7.74. The molecule has 7 heteroatoms. The maximum Gasteiger partial charge on any atom is 0.414 e. The van der Waals surface area contributed by atoms with Gasteiger partial charge in [-0.25, -0.2) is 0 Å². The number of fused-ring (bicyclic) bond motifs is 1. The lowest BCUT2D eigenvalue weighted by Gasteiger charge is -2.14. The molecular formula is C15H16F3NO3. The summed E-state index contributed by atoms with van der Waals surface area (Å²) in [4.78, 5) is 11.8. The van der Waals surface area contributed by atoms with Crippen molar-refractivity contribution < 1.29 is 27.5 Å². The highest BCUT2D eigenvalue weighted by Gasteiger charge is 2.37. The summed E-state index contributed by atoms with van der Waals surface area (Å²) in [7, 11) is 0. The van der Waals surface area contributed by atoms with Crippen LogP contribution < -0.4 is 5.32 Å². The van der Waals surface area contributed by atoms with E-state index in [0.29, 0.717) is 5.58 Å². The van der Waals surface area contributed by atoms with E-state index in [-0.39, 0.29) is 12.3 Å². The summed E-state index contributed by atoms with van der Waals surface area (Å²) in [6, 6.07) is 5.21. The molecule has 1 aromatic carbocycles. The molecule has 2 N–H and O–H groups in total. The standard InChI is InChI=1S/C15H16F3NO3/c1-8-5-10-7-12(22-11(10)6-9(8)2)14(21)19-4-3-13(20)15(16,17)18/h5-7,13,20H,3-4H2,1-2H3,(H,19,21). The summed E-state index contributed by atoms with van der Waals surface area (Å²) >= 11 is 0. The van der Waals surface area contributed by atoms with Crippen molar-refractivity contribution in [1.82, 2.24) is 5.32 Å². The van der Waals surface area contributed by atoms with Gasteiger partial charge < -0.3 is 14.8 Å². The van der Waals surface area contributed by atoms with Crippen LogP contribution in [0.1, 0.15) is 28.1 Å². The van der Waals surface area contributed by atoms with Crippen molar-refractivity contribution >= 4 is 16.9 Å². The van der Waals surface area contributed by atoms with Crippen LogP contribution in [-0.2, 0) is 0 Å². The first-order chi connectivity index (χ1) is 10.2. The number of halogens is 3. The third-order valence-corrected chi connectivity index (χ3v) is 3.44. The maximum atomic E-state index is 12.1. The van der Waals surface area contributed by atoms with Gasteiger partial charge in [0.05, 0.1) is 0 Å². The molecule has 22 heavy (non-hydrogen) atoms. The van der Waals surface area contributed by atoms with E-state index in [4.69, 9.17) is 9.52 Å². The van der Waals surface area contributed by atoms with Crippen LogP contribution >= 0.6 is 0 Å². The van der Waals surface area contributed by atoms with Gasteiger partial charge in [0.2, 0.25) is 0 Å². The molecule has 1 amide bonds. The van der Waals surface area contributed by atoms with E-state index in [9.17, 15) is 18.0 Å². The summed E-state index contributed by atoms with van der Waals surface area (Å²) in [6.45, 7) is 3.55. The molecule has 1 aromatic heterocycles. The Balaban J connectivity index is 2.01. The highest BCUT2D eigenvalue weighted by Crippen LogP contribution is 2.24. The number of hydrogen-bond acceptors (Lipinski definition) is 3. The molecule has 0 saturated heterocycles. The fourth-order valence-corrected chi connectivity index (χ4v) is 1.99. The Hall–Kier alpha value is -2.02. The van der Waals surface area contributed by atoms with E-state index in [1.807, 2.05) is 19.9 Å². The van der Waals surface area contributed by atoms with Gasteiger partial charge in [0.15, 0.2) is 11.9 Å².